The van der Waals surface area contributed by atoms with E-state index in [4.69, 9.17) is 4.79 Å². The van der Waals surface area contributed by atoms with E-state index in [0.717, 1.165) is 5.39 Å². The molecule has 1 heterocycles. The molecule has 3 nitrogen and oxygen atoms in total. The lowest BCUT2D eigenvalue weighted by Gasteiger charge is -1.92. The van der Waals surface area contributed by atoms with Gasteiger partial charge < -0.3 is 10.4 Å². The molecule has 0 aliphatic rings. The SMILES string of the molecule is CC.CNC=O.Cc1csc2ccc(O)cc12. The number of thiophene rings is 1. The van der Waals surface area contributed by atoms with Gasteiger partial charge in [-0.05, 0) is 41.5 Å². The predicted molar refractivity (Wildman–Crippen MR) is 74.7 cm³/mol. The molecule has 0 bridgehead atoms. The molecule has 0 radical (unpaired) electrons. The van der Waals surface area contributed by atoms with Crippen LogP contribution >= 0.6 is 11.3 Å². The lowest BCUT2D eigenvalue weighted by atomic mass is 10.2. The molecule has 94 valence electrons. The van der Waals surface area contributed by atoms with Crippen molar-refractivity contribution in [3.63, 3.8) is 0 Å². The fourth-order valence-electron chi connectivity index (χ4n) is 1.14. The Labute approximate surface area is 106 Å². The van der Waals surface area contributed by atoms with Gasteiger partial charge in [0.1, 0.15) is 5.75 Å². The van der Waals surface area contributed by atoms with Crippen molar-refractivity contribution in [1.82, 2.24) is 5.32 Å². The Kier molecular flexibility index (Phi) is 7.80. The number of fused-ring (bicyclic) bond motifs is 1. The molecule has 4 heteroatoms. The molecule has 1 aromatic heterocycles. The molecule has 0 spiro atoms. The highest BCUT2D eigenvalue weighted by Crippen LogP contribution is 2.27. The van der Waals surface area contributed by atoms with Gasteiger partial charge in [-0.3, -0.25) is 4.79 Å². The zero-order valence-electron chi connectivity index (χ0n) is 10.7. The minimum absolute atomic E-state index is 0.346. The van der Waals surface area contributed by atoms with Crippen LogP contribution in [-0.2, 0) is 4.79 Å². The van der Waals surface area contributed by atoms with Crippen LogP contribution in [0, 0.1) is 6.92 Å². The summed E-state index contributed by atoms with van der Waals surface area (Å²) in [5, 5.41) is 14.7. The number of aromatic hydroxyl groups is 1. The lowest BCUT2D eigenvalue weighted by molar-refractivity contribution is -0.109. The van der Waals surface area contributed by atoms with E-state index in [9.17, 15) is 5.11 Å². The summed E-state index contributed by atoms with van der Waals surface area (Å²) < 4.78 is 1.24. The van der Waals surface area contributed by atoms with Gasteiger partial charge in [-0.25, -0.2) is 0 Å². The van der Waals surface area contributed by atoms with Crippen molar-refractivity contribution in [2.24, 2.45) is 0 Å². The first kappa shape index (κ1) is 15.4. The fourth-order valence-corrected chi connectivity index (χ4v) is 2.07. The van der Waals surface area contributed by atoms with Crippen molar-refractivity contribution in [2.45, 2.75) is 20.8 Å². The van der Waals surface area contributed by atoms with Gasteiger partial charge in [0, 0.05) is 11.7 Å². The second-order valence-electron chi connectivity index (χ2n) is 3.01. The van der Waals surface area contributed by atoms with Crippen LogP contribution in [0.2, 0.25) is 0 Å². The summed E-state index contributed by atoms with van der Waals surface area (Å²) >= 11 is 1.71. The van der Waals surface area contributed by atoms with Gasteiger partial charge in [-0.15, -0.1) is 11.3 Å². The van der Waals surface area contributed by atoms with Gasteiger partial charge >= 0.3 is 0 Å². The van der Waals surface area contributed by atoms with E-state index in [0.29, 0.717) is 12.2 Å². The molecule has 0 atom stereocenters. The summed E-state index contributed by atoms with van der Waals surface area (Å²) in [4.78, 5) is 9.06. The molecular weight excluding hydrogens is 234 g/mol. The van der Waals surface area contributed by atoms with Gasteiger partial charge in [0.05, 0.1) is 0 Å². The van der Waals surface area contributed by atoms with Crippen molar-refractivity contribution >= 4 is 27.8 Å². The van der Waals surface area contributed by atoms with Gasteiger partial charge in [0.2, 0.25) is 6.41 Å². The third-order valence-corrected chi connectivity index (χ3v) is 2.95. The van der Waals surface area contributed by atoms with E-state index in [1.54, 1.807) is 30.5 Å². The Hall–Kier alpha value is -1.55. The normalized spacial score (nSPS) is 8.47. The monoisotopic (exact) mass is 253 g/mol. The maximum atomic E-state index is 9.18. The average molecular weight is 253 g/mol. The summed E-state index contributed by atoms with van der Waals surface area (Å²) in [6, 6.07) is 5.47. The zero-order valence-corrected chi connectivity index (χ0v) is 11.5. The highest BCUT2D eigenvalue weighted by molar-refractivity contribution is 7.17. The average Bonchev–Trinajstić information content (AvgIpc) is 2.74. The topological polar surface area (TPSA) is 49.3 Å². The van der Waals surface area contributed by atoms with Gasteiger partial charge in [0.25, 0.3) is 0 Å². The fraction of sp³-hybridized carbons (Fsp3) is 0.308. The number of aryl methyl sites for hydroxylation is 1. The molecule has 0 aliphatic heterocycles. The molecule has 2 N–H and O–H groups in total. The Balaban J connectivity index is 0.000000368. The molecule has 0 saturated carbocycles. The van der Waals surface area contributed by atoms with Crippen molar-refractivity contribution < 1.29 is 9.90 Å². The largest absolute Gasteiger partial charge is 0.508 e. The van der Waals surface area contributed by atoms with E-state index in [1.165, 1.54) is 10.3 Å². The number of rotatable bonds is 1. The van der Waals surface area contributed by atoms with Crippen LogP contribution in [0.1, 0.15) is 19.4 Å². The smallest absolute Gasteiger partial charge is 0.206 e. The summed E-state index contributed by atoms with van der Waals surface area (Å²) in [6.45, 7) is 6.05. The van der Waals surface area contributed by atoms with E-state index >= 15 is 0 Å². The molecular formula is C13H19NO2S. The molecule has 2 rings (SSSR count). The number of carbonyl (C=O) groups excluding carboxylic acids is 1. The number of nitrogens with one attached hydrogen (secondary N) is 1. The molecule has 1 amide bonds. The first-order valence-electron chi connectivity index (χ1n) is 5.46. The van der Waals surface area contributed by atoms with Crippen LogP contribution in [0.5, 0.6) is 5.75 Å². The van der Waals surface area contributed by atoms with Crippen LogP contribution in [0.3, 0.4) is 0 Å². The maximum absolute atomic E-state index is 9.18. The van der Waals surface area contributed by atoms with Crippen LogP contribution in [-0.4, -0.2) is 18.6 Å². The Bertz CT molecular complexity index is 452. The second-order valence-corrected chi connectivity index (χ2v) is 3.92. The van der Waals surface area contributed by atoms with Gasteiger partial charge in [0.15, 0.2) is 0 Å². The van der Waals surface area contributed by atoms with Crippen LogP contribution in [0.4, 0.5) is 0 Å². The molecule has 17 heavy (non-hydrogen) atoms. The first-order valence-corrected chi connectivity index (χ1v) is 6.34. The summed E-state index contributed by atoms with van der Waals surface area (Å²) in [5.41, 5.74) is 1.24. The number of benzene rings is 1. The number of amides is 1. The van der Waals surface area contributed by atoms with Crippen molar-refractivity contribution in [3.05, 3.63) is 29.1 Å². The number of carbonyl (C=O) groups is 1. The third-order valence-electron chi connectivity index (χ3n) is 1.87. The number of hydrogen-bond acceptors (Lipinski definition) is 3. The van der Waals surface area contributed by atoms with Crippen molar-refractivity contribution in [1.29, 1.82) is 0 Å². The maximum Gasteiger partial charge on any atom is 0.206 e. The molecule has 0 aliphatic carbocycles. The summed E-state index contributed by atoms with van der Waals surface area (Å²) in [7, 11) is 1.56. The molecule has 2 aromatic rings. The number of phenols is 1. The van der Waals surface area contributed by atoms with E-state index < -0.39 is 0 Å². The molecule has 1 aromatic carbocycles. The highest BCUT2D eigenvalue weighted by Gasteiger charge is 1.99. The quantitative estimate of drug-likeness (QED) is 0.766. The minimum atomic E-state index is 0.346. The first-order chi connectivity index (χ1) is 8.19. The third kappa shape index (κ3) is 4.87. The lowest BCUT2D eigenvalue weighted by Crippen LogP contribution is -1.98. The highest BCUT2D eigenvalue weighted by atomic mass is 32.1. The second kappa shape index (κ2) is 8.58. The van der Waals surface area contributed by atoms with Crippen molar-refractivity contribution in [2.75, 3.05) is 7.05 Å². The van der Waals surface area contributed by atoms with Gasteiger partial charge in [-0.1, -0.05) is 13.8 Å². The van der Waals surface area contributed by atoms with Crippen LogP contribution in [0.25, 0.3) is 10.1 Å². The van der Waals surface area contributed by atoms with E-state index in [-0.39, 0.29) is 0 Å². The van der Waals surface area contributed by atoms with Crippen LogP contribution < -0.4 is 5.32 Å². The predicted octanol–water partition coefficient (Wildman–Crippen LogP) is 3.30. The number of hydrogen-bond donors (Lipinski definition) is 2. The number of phenolic OH excluding ortho intramolecular Hbond substituents is 1. The Morgan fingerprint density at radius 2 is 1.94 bits per heavy atom. The minimum Gasteiger partial charge on any atom is -0.508 e. The van der Waals surface area contributed by atoms with E-state index in [1.807, 2.05) is 19.9 Å². The van der Waals surface area contributed by atoms with E-state index in [2.05, 4.69) is 17.6 Å². The molecule has 0 fully saturated rings. The molecule has 0 saturated heterocycles. The Morgan fingerprint density at radius 1 is 1.35 bits per heavy atom. The van der Waals surface area contributed by atoms with Gasteiger partial charge in [-0.2, -0.15) is 0 Å². The Morgan fingerprint density at radius 3 is 2.47 bits per heavy atom. The zero-order chi connectivity index (χ0) is 13.3. The standard InChI is InChI=1S/C9H8OS.C2H5NO.C2H6/c1-6-5-11-9-3-2-7(10)4-8(6)9;1-3-2-4;1-2/h2-5,10H,1H3;2H,1H3,(H,3,4);1-2H3. The molecule has 0 unspecified atom stereocenters. The summed E-state index contributed by atoms with van der Waals surface area (Å²) in [5.74, 6) is 0.346. The summed E-state index contributed by atoms with van der Waals surface area (Å²) in [6.07, 6.45) is 0.625. The van der Waals surface area contributed by atoms with Crippen LogP contribution in [0.15, 0.2) is 23.6 Å². The van der Waals surface area contributed by atoms with Crippen molar-refractivity contribution in [3.8, 4) is 5.75 Å².